The second-order valence-corrected chi connectivity index (χ2v) is 11.2. The number of methoxy groups -OCH3 is 1. The summed E-state index contributed by atoms with van der Waals surface area (Å²) in [6.45, 7) is 7.38. The van der Waals surface area contributed by atoms with Gasteiger partial charge in [0.1, 0.15) is 23.7 Å². The summed E-state index contributed by atoms with van der Waals surface area (Å²) in [5.41, 5.74) is 0.0308. The standard InChI is InChI=1S/C29H40O5/c1-5-33-19-34-29-17-16-28(31,20-6-9-23(32-4)10-7-20)27(29,3)15-13-24-25(29)11-8-21-18-22(30)12-14-26(21,24)2/h6-10,16-17,22,24-25,30-31H,5,11-15,18-19H2,1-4H3/t22-,24-,25+,26-,27+,28-,29-/m0/s1. The number of hydrogen-bond donors (Lipinski definition) is 2. The molecule has 4 aliphatic carbocycles. The molecule has 4 aliphatic rings. The van der Waals surface area contributed by atoms with Gasteiger partial charge in [0, 0.05) is 12.0 Å². The molecule has 0 amide bonds. The van der Waals surface area contributed by atoms with Gasteiger partial charge in [-0.3, -0.25) is 0 Å². The minimum Gasteiger partial charge on any atom is -0.497 e. The largest absolute Gasteiger partial charge is 0.497 e. The smallest absolute Gasteiger partial charge is 0.147 e. The first-order chi connectivity index (χ1) is 16.2. The molecule has 0 spiro atoms. The highest BCUT2D eigenvalue weighted by atomic mass is 16.7. The van der Waals surface area contributed by atoms with Crippen molar-refractivity contribution in [3.63, 3.8) is 0 Å². The van der Waals surface area contributed by atoms with Gasteiger partial charge in [0.05, 0.1) is 13.2 Å². The Bertz CT molecular complexity index is 969. The molecule has 5 heteroatoms. The summed E-state index contributed by atoms with van der Waals surface area (Å²) in [6.07, 6.45) is 11.7. The molecule has 0 bridgehead atoms. The molecule has 186 valence electrons. The number of allylic oxidation sites excluding steroid dienone is 1. The summed E-state index contributed by atoms with van der Waals surface area (Å²) in [5.74, 6) is 1.45. The highest BCUT2D eigenvalue weighted by Gasteiger charge is 2.70. The number of fused-ring (bicyclic) bond motifs is 5. The van der Waals surface area contributed by atoms with Gasteiger partial charge in [-0.2, -0.15) is 0 Å². The highest BCUT2D eigenvalue weighted by Crippen LogP contribution is 2.69. The number of hydrogen-bond acceptors (Lipinski definition) is 5. The number of aliphatic hydroxyl groups excluding tert-OH is 1. The van der Waals surface area contributed by atoms with Crippen LogP contribution in [0.15, 0.2) is 48.1 Å². The lowest BCUT2D eigenvalue weighted by Gasteiger charge is -2.63. The maximum absolute atomic E-state index is 12.3. The van der Waals surface area contributed by atoms with Crippen molar-refractivity contribution < 1.29 is 24.4 Å². The third kappa shape index (κ3) is 3.20. The number of rotatable bonds is 6. The molecular weight excluding hydrogens is 428 g/mol. The normalized spacial score (nSPS) is 43.0. The molecule has 0 heterocycles. The van der Waals surface area contributed by atoms with Crippen LogP contribution in [-0.2, 0) is 15.1 Å². The van der Waals surface area contributed by atoms with E-state index in [0.717, 1.165) is 49.8 Å². The highest BCUT2D eigenvalue weighted by molar-refractivity contribution is 5.44. The van der Waals surface area contributed by atoms with E-state index in [1.165, 1.54) is 5.57 Å². The Balaban J connectivity index is 1.58. The van der Waals surface area contributed by atoms with Crippen LogP contribution in [0.3, 0.4) is 0 Å². The number of benzene rings is 1. The molecule has 1 aromatic rings. The molecule has 7 atom stereocenters. The Labute approximate surface area is 203 Å². The zero-order valence-electron chi connectivity index (χ0n) is 21.0. The Morgan fingerprint density at radius 2 is 1.79 bits per heavy atom. The van der Waals surface area contributed by atoms with Gasteiger partial charge >= 0.3 is 0 Å². The first-order valence-corrected chi connectivity index (χ1v) is 12.9. The SMILES string of the molecule is CCOCO[C@]12C=C[C@](O)(c3ccc(OC)cc3)[C@@]1(C)CC[C@H]1[C@H]2CC=C2C[C@@H](O)CC[C@@]21C. The Morgan fingerprint density at radius 3 is 2.50 bits per heavy atom. The predicted octanol–water partition coefficient (Wildman–Crippen LogP) is 5.12. The van der Waals surface area contributed by atoms with Crippen LogP contribution >= 0.6 is 0 Å². The van der Waals surface area contributed by atoms with Crippen molar-refractivity contribution in [2.45, 2.75) is 76.6 Å². The van der Waals surface area contributed by atoms with Gasteiger partial charge in [0.2, 0.25) is 0 Å². The Morgan fingerprint density at radius 1 is 1.03 bits per heavy atom. The zero-order valence-corrected chi connectivity index (χ0v) is 21.0. The lowest BCUT2D eigenvalue weighted by atomic mass is 9.44. The van der Waals surface area contributed by atoms with Crippen LogP contribution < -0.4 is 4.74 Å². The molecule has 0 unspecified atom stereocenters. The van der Waals surface area contributed by atoms with E-state index < -0.39 is 16.6 Å². The quantitative estimate of drug-likeness (QED) is 0.345. The number of ether oxygens (including phenoxy) is 3. The van der Waals surface area contributed by atoms with Crippen LogP contribution in [0.25, 0.3) is 0 Å². The summed E-state index contributed by atoms with van der Waals surface area (Å²) in [6, 6.07) is 7.78. The Hall–Kier alpha value is -1.66. The minimum absolute atomic E-state index is 0.0696. The molecule has 0 radical (unpaired) electrons. The Kier molecular flexibility index (Phi) is 6.00. The topological polar surface area (TPSA) is 68.2 Å². The van der Waals surface area contributed by atoms with Gasteiger partial charge in [-0.1, -0.05) is 43.7 Å². The third-order valence-corrected chi connectivity index (χ3v) is 10.0. The second-order valence-electron chi connectivity index (χ2n) is 11.2. The van der Waals surface area contributed by atoms with E-state index in [0.29, 0.717) is 12.5 Å². The zero-order chi connectivity index (χ0) is 24.2. The van der Waals surface area contributed by atoms with E-state index in [4.69, 9.17) is 14.2 Å². The third-order valence-electron chi connectivity index (χ3n) is 10.0. The van der Waals surface area contributed by atoms with Crippen LogP contribution in [0.5, 0.6) is 5.75 Å². The summed E-state index contributed by atoms with van der Waals surface area (Å²) < 4.78 is 17.8. The van der Waals surface area contributed by atoms with Crippen LogP contribution in [-0.4, -0.2) is 42.4 Å². The summed E-state index contributed by atoms with van der Waals surface area (Å²) in [4.78, 5) is 0. The van der Waals surface area contributed by atoms with Crippen molar-refractivity contribution in [3.8, 4) is 5.75 Å². The molecule has 2 fully saturated rings. The molecule has 34 heavy (non-hydrogen) atoms. The monoisotopic (exact) mass is 468 g/mol. The van der Waals surface area contributed by atoms with E-state index in [2.05, 4.69) is 26.0 Å². The molecule has 1 aromatic carbocycles. The van der Waals surface area contributed by atoms with E-state index in [1.807, 2.05) is 37.3 Å². The summed E-state index contributed by atoms with van der Waals surface area (Å²) in [7, 11) is 1.66. The van der Waals surface area contributed by atoms with Crippen molar-refractivity contribution >= 4 is 0 Å². The van der Waals surface area contributed by atoms with Crippen LogP contribution in [0.4, 0.5) is 0 Å². The fourth-order valence-electron chi connectivity index (χ4n) is 7.90. The first-order valence-electron chi connectivity index (χ1n) is 12.9. The van der Waals surface area contributed by atoms with Crippen LogP contribution in [0.2, 0.25) is 0 Å². The van der Waals surface area contributed by atoms with Crippen LogP contribution in [0, 0.1) is 22.7 Å². The van der Waals surface area contributed by atoms with Crippen molar-refractivity contribution in [2.24, 2.45) is 22.7 Å². The fourth-order valence-corrected chi connectivity index (χ4v) is 7.90. The fraction of sp³-hybridized carbons (Fsp3) is 0.655. The van der Waals surface area contributed by atoms with Gasteiger partial charge in [-0.05, 0) is 86.5 Å². The molecule has 0 saturated heterocycles. The number of aliphatic hydroxyl groups is 2. The van der Waals surface area contributed by atoms with E-state index >= 15 is 0 Å². The molecule has 0 aliphatic heterocycles. The van der Waals surface area contributed by atoms with Crippen molar-refractivity contribution in [1.29, 1.82) is 0 Å². The van der Waals surface area contributed by atoms with Crippen molar-refractivity contribution in [3.05, 3.63) is 53.6 Å². The van der Waals surface area contributed by atoms with Crippen LogP contribution in [0.1, 0.15) is 64.9 Å². The maximum Gasteiger partial charge on any atom is 0.147 e. The van der Waals surface area contributed by atoms with Gasteiger partial charge < -0.3 is 24.4 Å². The molecule has 5 nitrogen and oxygen atoms in total. The van der Waals surface area contributed by atoms with Crippen molar-refractivity contribution in [2.75, 3.05) is 20.5 Å². The van der Waals surface area contributed by atoms with E-state index in [1.54, 1.807) is 7.11 Å². The summed E-state index contributed by atoms with van der Waals surface area (Å²) >= 11 is 0. The van der Waals surface area contributed by atoms with Crippen molar-refractivity contribution in [1.82, 2.24) is 0 Å². The average molecular weight is 469 g/mol. The molecule has 2 N–H and O–H groups in total. The predicted molar refractivity (Wildman–Crippen MR) is 131 cm³/mol. The minimum atomic E-state index is -1.15. The average Bonchev–Trinajstić information content (AvgIpc) is 3.08. The van der Waals surface area contributed by atoms with Gasteiger partial charge in [0.25, 0.3) is 0 Å². The molecule has 0 aromatic heterocycles. The molecular formula is C29H40O5. The lowest BCUT2D eigenvalue weighted by molar-refractivity contribution is -0.255. The van der Waals surface area contributed by atoms with E-state index in [-0.39, 0.29) is 24.2 Å². The summed E-state index contributed by atoms with van der Waals surface area (Å²) in [5, 5.41) is 22.7. The van der Waals surface area contributed by atoms with Gasteiger partial charge in [-0.15, -0.1) is 0 Å². The first kappa shape index (κ1) is 24.1. The second kappa shape index (κ2) is 8.48. The van der Waals surface area contributed by atoms with Gasteiger partial charge in [0.15, 0.2) is 0 Å². The van der Waals surface area contributed by atoms with Gasteiger partial charge in [-0.25, -0.2) is 0 Å². The maximum atomic E-state index is 12.3. The molecule has 2 saturated carbocycles. The molecule has 5 rings (SSSR count). The van der Waals surface area contributed by atoms with E-state index in [9.17, 15) is 10.2 Å². The lowest BCUT2D eigenvalue weighted by Crippen LogP contribution is -2.65.